The first-order valence-corrected chi connectivity index (χ1v) is 7.00. The monoisotopic (exact) mass is 301 g/mol. The molecule has 0 bridgehead atoms. The van der Waals surface area contributed by atoms with Gasteiger partial charge in [-0.2, -0.15) is 10.5 Å². The number of benzene rings is 1. The summed E-state index contributed by atoms with van der Waals surface area (Å²) in [7, 11) is 0. The van der Waals surface area contributed by atoms with E-state index in [4.69, 9.17) is 20.0 Å². The molecule has 1 aliphatic rings. The average molecular weight is 301 g/mol. The molecule has 114 valence electrons. The third-order valence-corrected chi connectivity index (χ3v) is 3.37. The van der Waals surface area contributed by atoms with Crippen LogP contribution in [-0.2, 0) is 4.74 Å². The molecule has 6 heteroatoms. The largest absolute Gasteiger partial charge is 0.490 e. The lowest BCUT2D eigenvalue weighted by Crippen LogP contribution is -2.21. The van der Waals surface area contributed by atoms with Crippen molar-refractivity contribution in [3.63, 3.8) is 0 Å². The molecule has 1 N–H and O–H groups in total. The quantitative estimate of drug-likeness (QED) is 0.846. The number of hydrogen-bond donors (Lipinski definition) is 1. The zero-order chi connectivity index (χ0) is 15.8. The van der Waals surface area contributed by atoms with Gasteiger partial charge in [0.25, 0.3) is 0 Å². The first-order chi connectivity index (χ1) is 10.7. The lowest BCUT2D eigenvalue weighted by molar-refractivity contribution is 0.0492. The van der Waals surface area contributed by atoms with Crippen LogP contribution >= 0.6 is 0 Å². The normalized spacial score (nSPS) is 14.5. The Bertz CT molecular complexity index is 609. The van der Waals surface area contributed by atoms with Gasteiger partial charge < -0.3 is 14.8 Å². The van der Waals surface area contributed by atoms with E-state index < -0.39 is 5.82 Å². The van der Waals surface area contributed by atoms with Gasteiger partial charge in [-0.05, 0) is 30.9 Å². The molecule has 2 rings (SSSR count). The Morgan fingerprint density at radius 3 is 2.73 bits per heavy atom. The fourth-order valence-corrected chi connectivity index (χ4v) is 2.07. The van der Waals surface area contributed by atoms with Crippen molar-refractivity contribution in [2.75, 3.05) is 25.1 Å². The summed E-state index contributed by atoms with van der Waals surface area (Å²) in [6.45, 7) is 1.93. The van der Waals surface area contributed by atoms with E-state index in [-0.39, 0.29) is 11.3 Å². The van der Waals surface area contributed by atoms with Gasteiger partial charge in [0.2, 0.25) is 0 Å². The molecule has 5 nitrogen and oxygen atoms in total. The first kappa shape index (κ1) is 15.8. The summed E-state index contributed by atoms with van der Waals surface area (Å²) < 4.78 is 24.7. The van der Waals surface area contributed by atoms with Crippen molar-refractivity contribution in [3.05, 3.63) is 35.8 Å². The molecule has 1 aromatic rings. The number of allylic oxidation sites excluding steroid dienone is 1. The zero-order valence-corrected chi connectivity index (χ0v) is 12.0. The number of nitrogens with zero attached hydrogens (tertiary/aromatic N) is 2. The van der Waals surface area contributed by atoms with Crippen molar-refractivity contribution in [1.29, 1.82) is 10.5 Å². The molecule has 0 aromatic heterocycles. The van der Waals surface area contributed by atoms with Gasteiger partial charge in [-0.15, -0.1) is 0 Å². The number of anilines is 1. The standard InChI is InChI=1S/C16H16FN3O2/c17-15-7-14(20-10-13(8-18)9-19)1-2-16(15)22-11-12-3-5-21-6-4-12/h1-2,7,10,12,20H,3-6,11H2. The molecule has 0 spiro atoms. The van der Waals surface area contributed by atoms with Gasteiger partial charge in [-0.1, -0.05) is 0 Å². The Balaban J connectivity index is 1.93. The Labute approximate surface area is 128 Å². The van der Waals surface area contributed by atoms with Crippen LogP contribution in [-0.4, -0.2) is 19.8 Å². The summed E-state index contributed by atoms with van der Waals surface area (Å²) in [5.41, 5.74) is 0.360. The van der Waals surface area contributed by atoms with E-state index in [0.29, 0.717) is 18.2 Å². The van der Waals surface area contributed by atoms with Gasteiger partial charge in [-0.25, -0.2) is 4.39 Å². The van der Waals surface area contributed by atoms with Crippen LogP contribution in [0, 0.1) is 34.4 Å². The van der Waals surface area contributed by atoms with Crippen molar-refractivity contribution >= 4 is 5.69 Å². The number of hydrogen-bond acceptors (Lipinski definition) is 5. The molecule has 22 heavy (non-hydrogen) atoms. The van der Waals surface area contributed by atoms with Crippen LogP contribution in [0.4, 0.5) is 10.1 Å². The molecule has 0 radical (unpaired) electrons. The first-order valence-electron chi connectivity index (χ1n) is 7.00. The Kier molecular flexibility index (Phi) is 5.76. The summed E-state index contributed by atoms with van der Waals surface area (Å²) in [6, 6.07) is 7.85. The van der Waals surface area contributed by atoms with Gasteiger partial charge in [0, 0.05) is 31.2 Å². The van der Waals surface area contributed by atoms with Gasteiger partial charge >= 0.3 is 0 Å². The van der Waals surface area contributed by atoms with E-state index in [1.165, 1.54) is 18.3 Å². The van der Waals surface area contributed by atoms with Gasteiger partial charge in [-0.3, -0.25) is 0 Å². The minimum atomic E-state index is -0.485. The molecule has 0 atom stereocenters. The van der Waals surface area contributed by atoms with E-state index in [0.717, 1.165) is 26.1 Å². The number of ether oxygens (including phenoxy) is 2. The Hall–Kier alpha value is -2.57. The lowest BCUT2D eigenvalue weighted by Gasteiger charge is -2.22. The molecule has 1 aliphatic heterocycles. The van der Waals surface area contributed by atoms with E-state index >= 15 is 0 Å². The molecule has 1 aromatic carbocycles. The number of nitrogens with one attached hydrogen (secondary N) is 1. The lowest BCUT2D eigenvalue weighted by atomic mass is 10.0. The summed E-state index contributed by atoms with van der Waals surface area (Å²) >= 11 is 0. The summed E-state index contributed by atoms with van der Waals surface area (Å²) in [6.07, 6.45) is 3.09. The summed E-state index contributed by atoms with van der Waals surface area (Å²) in [5, 5.41) is 19.9. The van der Waals surface area contributed by atoms with Crippen molar-refractivity contribution in [3.8, 4) is 17.9 Å². The van der Waals surface area contributed by atoms with Gasteiger partial charge in [0.15, 0.2) is 11.6 Å². The highest BCUT2D eigenvalue weighted by Crippen LogP contribution is 2.23. The minimum Gasteiger partial charge on any atom is -0.490 e. The van der Waals surface area contributed by atoms with Crippen LogP contribution in [0.5, 0.6) is 5.75 Å². The van der Waals surface area contributed by atoms with Crippen molar-refractivity contribution in [2.45, 2.75) is 12.8 Å². The van der Waals surface area contributed by atoms with Crippen molar-refractivity contribution in [1.82, 2.24) is 0 Å². The van der Waals surface area contributed by atoms with E-state index in [2.05, 4.69) is 5.32 Å². The highest BCUT2D eigenvalue weighted by atomic mass is 19.1. The molecule has 1 saturated heterocycles. The molecular weight excluding hydrogens is 285 g/mol. The zero-order valence-electron chi connectivity index (χ0n) is 12.0. The highest BCUT2D eigenvalue weighted by Gasteiger charge is 2.15. The van der Waals surface area contributed by atoms with Crippen LogP contribution in [0.1, 0.15) is 12.8 Å². The topological polar surface area (TPSA) is 78.1 Å². The smallest absolute Gasteiger partial charge is 0.167 e. The van der Waals surface area contributed by atoms with Crippen molar-refractivity contribution in [2.24, 2.45) is 5.92 Å². The van der Waals surface area contributed by atoms with Crippen LogP contribution in [0.25, 0.3) is 0 Å². The third kappa shape index (κ3) is 4.47. The minimum absolute atomic E-state index is 0.0831. The molecule has 0 unspecified atom stereocenters. The maximum Gasteiger partial charge on any atom is 0.167 e. The SMILES string of the molecule is N#CC(C#N)=CNc1ccc(OCC2CCOCC2)c(F)c1. The maximum absolute atomic E-state index is 14.0. The molecule has 1 fully saturated rings. The number of nitriles is 2. The Morgan fingerprint density at radius 2 is 2.09 bits per heavy atom. The predicted octanol–water partition coefficient (Wildman–Crippen LogP) is 2.97. The second kappa shape index (κ2) is 8.02. The number of halogens is 1. The molecule has 0 saturated carbocycles. The fraction of sp³-hybridized carbons (Fsp3) is 0.375. The van der Waals surface area contributed by atoms with Crippen LogP contribution in [0.3, 0.4) is 0 Å². The fourth-order valence-electron chi connectivity index (χ4n) is 2.07. The van der Waals surface area contributed by atoms with E-state index in [9.17, 15) is 4.39 Å². The molecule has 0 amide bonds. The maximum atomic E-state index is 14.0. The van der Waals surface area contributed by atoms with E-state index in [1.807, 2.05) is 0 Å². The van der Waals surface area contributed by atoms with Crippen molar-refractivity contribution < 1.29 is 13.9 Å². The van der Waals surface area contributed by atoms with Crippen LogP contribution in [0.15, 0.2) is 30.0 Å². The van der Waals surface area contributed by atoms with Crippen LogP contribution < -0.4 is 10.1 Å². The van der Waals surface area contributed by atoms with Gasteiger partial charge in [0.05, 0.1) is 6.61 Å². The highest BCUT2D eigenvalue weighted by molar-refractivity contribution is 5.51. The average Bonchev–Trinajstić information content (AvgIpc) is 2.56. The van der Waals surface area contributed by atoms with Gasteiger partial charge in [0.1, 0.15) is 17.7 Å². The summed E-state index contributed by atoms with van der Waals surface area (Å²) in [5.74, 6) is 0.102. The second-order valence-electron chi connectivity index (χ2n) is 4.94. The third-order valence-electron chi connectivity index (χ3n) is 3.37. The predicted molar refractivity (Wildman–Crippen MR) is 78.4 cm³/mol. The summed E-state index contributed by atoms with van der Waals surface area (Å²) in [4.78, 5) is 0. The molecule has 0 aliphatic carbocycles. The number of rotatable bonds is 5. The van der Waals surface area contributed by atoms with E-state index in [1.54, 1.807) is 18.2 Å². The molecular formula is C16H16FN3O2. The second-order valence-corrected chi connectivity index (χ2v) is 4.94. The Morgan fingerprint density at radius 1 is 1.36 bits per heavy atom. The molecule has 1 heterocycles. The van der Waals surface area contributed by atoms with Crippen LogP contribution in [0.2, 0.25) is 0 Å².